The van der Waals surface area contributed by atoms with E-state index < -0.39 is 5.91 Å². The maximum absolute atomic E-state index is 14.3. The third-order valence-corrected chi connectivity index (χ3v) is 4.13. The van der Waals surface area contributed by atoms with Gasteiger partial charge in [0.15, 0.2) is 10.4 Å². The molecular weight excluding hydrogens is 351 g/mol. The Hall–Kier alpha value is -1.82. The predicted molar refractivity (Wildman–Crippen MR) is 86.8 cm³/mol. The Morgan fingerprint density at radius 1 is 1.18 bits per heavy atom. The van der Waals surface area contributed by atoms with E-state index in [1.165, 1.54) is 12.5 Å². The van der Waals surface area contributed by atoms with Crippen molar-refractivity contribution >= 4 is 33.2 Å². The Morgan fingerprint density at radius 3 is 2.59 bits per heavy atom. The Labute approximate surface area is 136 Å². The van der Waals surface area contributed by atoms with Crippen LogP contribution in [0.4, 0.5) is 15.8 Å². The van der Waals surface area contributed by atoms with Crippen molar-refractivity contribution in [3.63, 3.8) is 0 Å². The Bertz CT molecular complexity index is 681. The van der Waals surface area contributed by atoms with Gasteiger partial charge in [0, 0.05) is 18.8 Å². The van der Waals surface area contributed by atoms with E-state index in [1.807, 2.05) is 4.90 Å². The molecule has 1 saturated heterocycles. The van der Waals surface area contributed by atoms with E-state index in [0.29, 0.717) is 16.0 Å². The van der Waals surface area contributed by atoms with Crippen molar-refractivity contribution in [2.75, 3.05) is 23.3 Å². The van der Waals surface area contributed by atoms with Gasteiger partial charge in [0.25, 0.3) is 5.91 Å². The number of carbonyl (C=O) groups is 1. The molecule has 1 amide bonds. The zero-order chi connectivity index (χ0) is 15.5. The fourth-order valence-electron chi connectivity index (χ4n) is 2.60. The van der Waals surface area contributed by atoms with Gasteiger partial charge in [0.2, 0.25) is 0 Å². The van der Waals surface area contributed by atoms with Gasteiger partial charge in [0.05, 0.1) is 5.69 Å². The van der Waals surface area contributed by atoms with Crippen LogP contribution in [0, 0.1) is 5.82 Å². The second-order valence-corrected chi connectivity index (χ2v) is 6.05. The molecule has 1 aromatic heterocycles. The summed E-state index contributed by atoms with van der Waals surface area (Å²) in [6.07, 6.45) is 3.38. The molecular formula is C16H16BrFN2O2. The monoisotopic (exact) mass is 366 g/mol. The number of piperidine rings is 1. The first-order valence-electron chi connectivity index (χ1n) is 7.25. The standard InChI is InChI=1S/C16H16BrFN2O2/c17-15-7-6-14(22-15)16(21)19-11-4-5-13(12(18)10-11)20-8-2-1-3-9-20/h4-7,10H,1-3,8-9H2,(H,19,21). The zero-order valence-corrected chi connectivity index (χ0v) is 13.5. The molecule has 0 atom stereocenters. The number of carbonyl (C=O) groups excluding carboxylic acids is 1. The molecule has 116 valence electrons. The van der Waals surface area contributed by atoms with Crippen LogP contribution < -0.4 is 10.2 Å². The molecule has 0 saturated carbocycles. The number of nitrogens with zero attached hydrogens (tertiary/aromatic N) is 1. The highest BCUT2D eigenvalue weighted by atomic mass is 79.9. The zero-order valence-electron chi connectivity index (χ0n) is 11.9. The fraction of sp³-hybridized carbons (Fsp3) is 0.312. The van der Waals surface area contributed by atoms with Crippen LogP contribution in [0.1, 0.15) is 29.8 Å². The van der Waals surface area contributed by atoms with Crippen LogP contribution in [0.5, 0.6) is 0 Å². The van der Waals surface area contributed by atoms with E-state index in [2.05, 4.69) is 21.2 Å². The van der Waals surface area contributed by atoms with Crippen molar-refractivity contribution in [3.05, 3.63) is 46.6 Å². The molecule has 2 heterocycles. The molecule has 1 aliphatic heterocycles. The molecule has 4 nitrogen and oxygen atoms in total. The number of amides is 1. The highest BCUT2D eigenvalue weighted by molar-refractivity contribution is 9.10. The molecule has 0 spiro atoms. The van der Waals surface area contributed by atoms with Crippen molar-refractivity contribution in [1.82, 2.24) is 0 Å². The van der Waals surface area contributed by atoms with Gasteiger partial charge in [-0.3, -0.25) is 4.79 Å². The SMILES string of the molecule is O=C(Nc1ccc(N2CCCCC2)c(F)c1)c1ccc(Br)o1. The second kappa shape index (κ2) is 6.52. The lowest BCUT2D eigenvalue weighted by Crippen LogP contribution is -2.30. The van der Waals surface area contributed by atoms with Crippen molar-refractivity contribution in [3.8, 4) is 0 Å². The minimum absolute atomic E-state index is 0.174. The van der Waals surface area contributed by atoms with E-state index in [0.717, 1.165) is 25.9 Å². The lowest BCUT2D eigenvalue weighted by molar-refractivity contribution is 0.0995. The van der Waals surface area contributed by atoms with E-state index in [9.17, 15) is 9.18 Å². The highest BCUT2D eigenvalue weighted by Gasteiger charge is 2.16. The number of hydrogen-bond donors (Lipinski definition) is 1. The number of anilines is 2. The minimum atomic E-state index is -0.407. The largest absolute Gasteiger partial charge is 0.444 e. The van der Waals surface area contributed by atoms with Crippen LogP contribution in [0.2, 0.25) is 0 Å². The van der Waals surface area contributed by atoms with E-state index in [4.69, 9.17) is 4.42 Å². The number of halogens is 2. The van der Waals surface area contributed by atoms with Gasteiger partial charge >= 0.3 is 0 Å². The molecule has 1 N–H and O–H groups in total. The summed E-state index contributed by atoms with van der Waals surface area (Å²) < 4.78 is 19.9. The van der Waals surface area contributed by atoms with E-state index >= 15 is 0 Å². The molecule has 0 unspecified atom stereocenters. The minimum Gasteiger partial charge on any atom is -0.444 e. The third-order valence-electron chi connectivity index (χ3n) is 3.70. The lowest BCUT2D eigenvalue weighted by atomic mass is 10.1. The maximum atomic E-state index is 14.3. The molecule has 0 bridgehead atoms. The molecule has 0 radical (unpaired) electrons. The summed E-state index contributed by atoms with van der Waals surface area (Å²) >= 11 is 3.14. The van der Waals surface area contributed by atoms with Gasteiger partial charge < -0.3 is 14.6 Å². The Balaban J connectivity index is 1.72. The third kappa shape index (κ3) is 3.32. The molecule has 0 aliphatic carbocycles. The number of benzene rings is 1. The molecule has 1 aliphatic rings. The summed E-state index contributed by atoms with van der Waals surface area (Å²) in [6, 6.07) is 7.96. The molecule has 1 fully saturated rings. The summed E-state index contributed by atoms with van der Waals surface area (Å²) in [4.78, 5) is 14.0. The summed E-state index contributed by atoms with van der Waals surface area (Å²) in [5.74, 6) is -0.552. The number of furan rings is 1. The summed E-state index contributed by atoms with van der Waals surface area (Å²) in [5, 5.41) is 2.63. The summed E-state index contributed by atoms with van der Waals surface area (Å²) in [7, 11) is 0. The first kappa shape index (κ1) is 15.1. The van der Waals surface area contributed by atoms with Crippen molar-refractivity contribution in [2.45, 2.75) is 19.3 Å². The Morgan fingerprint density at radius 2 is 1.95 bits per heavy atom. The van der Waals surface area contributed by atoms with Gasteiger partial charge in [0.1, 0.15) is 5.82 Å². The van der Waals surface area contributed by atoms with Crippen molar-refractivity contribution < 1.29 is 13.6 Å². The highest BCUT2D eigenvalue weighted by Crippen LogP contribution is 2.26. The maximum Gasteiger partial charge on any atom is 0.291 e. The van der Waals surface area contributed by atoms with Gasteiger partial charge in [-0.2, -0.15) is 0 Å². The lowest BCUT2D eigenvalue weighted by Gasteiger charge is -2.29. The quantitative estimate of drug-likeness (QED) is 0.873. The van der Waals surface area contributed by atoms with Gasteiger partial charge in [-0.1, -0.05) is 0 Å². The smallest absolute Gasteiger partial charge is 0.291 e. The predicted octanol–water partition coefficient (Wildman–Crippen LogP) is 4.42. The fourth-order valence-corrected chi connectivity index (χ4v) is 2.91. The number of rotatable bonds is 3. The Kier molecular flexibility index (Phi) is 4.47. The number of nitrogens with one attached hydrogen (secondary N) is 1. The van der Waals surface area contributed by atoms with E-state index in [-0.39, 0.29) is 11.6 Å². The van der Waals surface area contributed by atoms with Crippen molar-refractivity contribution in [1.29, 1.82) is 0 Å². The van der Waals surface area contributed by atoms with Crippen LogP contribution in [-0.4, -0.2) is 19.0 Å². The molecule has 22 heavy (non-hydrogen) atoms. The average Bonchev–Trinajstić information content (AvgIpc) is 2.95. The first-order chi connectivity index (χ1) is 10.6. The topological polar surface area (TPSA) is 45.5 Å². The van der Waals surface area contributed by atoms with Crippen LogP contribution in [0.25, 0.3) is 0 Å². The van der Waals surface area contributed by atoms with Crippen LogP contribution in [-0.2, 0) is 0 Å². The average molecular weight is 367 g/mol. The normalized spacial score (nSPS) is 14.9. The molecule has 1 aromatic carbocycles. The van der Waals surface area contributed by atoms with Gasteiger partial charge in [-0.05, 0) is 65.5 Å². The molecule has 6 heteroatoms. The second-order valence-electron chi connectivity index (χ2n) is 5.27. The molecule has 3 rings (SSSR count). The summed E-state index contributed by atoms with van der Waals surface area (Å²) in [6.45, 7) is 1.76. The van der Waals surface area contributed by atoms with Crippen LogP contribution in [0.15, 0.2) is 39.4 Å². The van der Waals surface area contributed by atoms with Crippen molar-refractivity contribution in [2.24, 2.45) is 0 Å². The van der Waals surface area contributed by atoms with E-state index in [1.54, 1.807) is 24.3 Å². The molecule has 2 aromatic rings. The summed E-state index contributed by atoms with van der Waals surface area (Å²) in [5.41, 5.74) is 1.01. The van der Waals surface area contributed by atoms with Crippen LogP contribution in [0.3, 0.4) is 0 Å². The van der Waals surface area contributed by atoms with Gasteiger partial charge in [-0.15, -0.1) is 0 Å². The number of hydrogen-bond acceptors (Lipinski definition) is 3. The van der Waals surface area contributed by atoms with Gasteiger partial charge in [-0.25, -0.2) is 4.39 Å². The first-order valence-corrected chi connectivity index (χ1v) is 8.04. The van der Waals surface area contributed by atoms with Crippen LogP contribution >= 0.6 is 15.9 Å².